The Morgan fingerprint density at radius 2 is 0.922 bits per heavy atom. The molecule has 0 saturated carbocycles. The van der Waals surface area contributed by atoms with Gasteiger partial charge in [-0.2, -0.15) is 0 Å². The Kier molecular flexibility index (Phi) is 13.9. The first-order chi connectivity index (χ1) is 24.5. The normalized spacial score (nSPS) is 12.4. The van der Waals surface area contributed by atoms with Gasteiger partial charge in [-0.25, -0.2) is 0 Å². The summed E-state index contributed by atoms with van der Waals surface area (Å²) in [6, 6.07) is 18.6. The standard InChI is InChI=1S/C35H36N2OS5.6CH3.2Sn/c1-3-4-5-6-7-8-9-10-11-12-21-38-35-24(2)31(29-19-17-27(41-29)25-15-13-22-39-25)33-34(37-43-36-33)32(35)30-20-18-28(42-30)26-16-14-23-40-26;;;;;;;;/h13-20H,3-12,21H2,1-2H3;6*1H3;;. The molecular weight excluding hydrogens is 934 g/mol. The first kappa shape index (κ1) is 39.9. The number of ether oxygens (including phenoxy) is 1. The Labute approximate surface area is 335 Å². The van der Waals surface area contributed by atoms with Crippen molar-refractivity contribution < 1.29 is 4.74 Å². The zero-order valence-electron chi connectivity index (χ0n) is 31.7. The molecule has 0 radical (unpaired) electrons. The van der Waals surface area contributed by atoms with Crippen LogP contribution in [0.15, 0.2) is 48.5 Å². The van der Waals surface area contributed by atoms with Crippen LogP contribution < -0.4 is 10.5 Å². The predicted octanol–water partition coefficient (Wildman–Crippen LogP) is 14.3. The Morgan fingerprint density at radius 3 is 1.41 bits per heavy atom. The second kappa shape index (κ2) is 17.8. The van der Waals surface area contributed by atoms with Crippen LogP contribution >= 0.6 is 57.1 Å². The quantitative estimate of drug-likeness (QED) is 0.0636. The van der Waals surface area contributed by atoms with Gasteiger partial charge in [0.05, 0.1) is 0 Å². The summed E-state index contributed by atoms with van der Waals surface area (Å²) in [7, 11) is 0. The molecule has 6 rings (SSSR count). The molecule has 272 valence electrons. The topological polar surface area (TPSA) is 35.0 Å². The van der Waals surface area contributed by atoms with Crippen LogP contribution in [0.4, 0.5) is 0 Å². The Bertz CT molecular complexity index is 2030. The molecule has 1 aromatic carbocycles. The average molecular weight is 989 g/mol. The number of aromatic nitrogens is 2. The molecule has 0 amide bonds. The monoisotopic (exact) mass is 990 g/mol. The summed E-state index contributed by atoms with van der Waals surface area (Å²) in [5.74, 6) is 0.988. The van der Waals surface area contributed by atoms with E-state index in [2.05, 4.69) is 92.0 Å². The summed E-state index contributed by atoms with van der Waals surface area (Å²) in [4.78, 5) is 22.9. The summed E-state index contributed by atoms with van der Waals surface area (Å²) in [5.41, 5.74) is 5.45. The van der Waals surface area contributed by atoms with Crippen molar-refractivity contribution in [2.75, 3.05) is 6.61 Å². The molecule has 0 aliphatic carbocycles. The van der Waals surface area contributed by atoms with Crippen LogP contribution in [0.1, 0.15) is 76.7 Å². The fourth-order valence-electron chi connectivity index (χ4n) is 6.53. The fraction of sp³-hybridized carbons (Fsp3) is 0.463. The predicted molar refractivity (Wildman–Crippen MR) is 239 cm³/mol. The maximum absolute atomic E-state index is 6.90. The van der Waals surface area contributed by atoms with E-state index in [4.69, 9.17) is 13.5 Å². The molecule has 51 heavy (non-hydrogen) atoms. The van der Waals surface area contributed by atoms with Gasteiger partial charge in [-0.15, -0.1) is 0 Å². The van der Waals surface area contributed by atoms with E-state index in [-0.39, 0.29) is 0 Å². The van der Waals surface area contributed by atoms with Crippen LogP contribution in [0.5, 0.6) is 5.75 Å². The van der Waals surface area contributed by atoms with E-state index in [1.165, 1.54) is 110 Å². The van der Waals surface area contributed by atoms with Crippen molar-refractivity contribution in [2.45, 2.75) is 108 Å². The second-order valence-corrected chi connectivity index (χ2v) is 51.5. The maximum atomic E-state index is 6.90. The number of hydrogen-bond acceptors (Lipinski definition) is 8. The minimum absolute atomic E-state index is 0.726. The van der Waals surface area contributed by atoms with E-state index in [1.807, 2.05) is 45.3 Å². The van der Waals surface area contributed by atoms with Crippen molar-refractivity contribution in [2.24, 2.45) is 0 Å². The molecule has 0 saturated heterocycles. The van der Waals surface area contributed by atoms with Crippen LogP contribution in [0.3, 0.4) is 0 Å². The molecule has 0 aliphatic rings. The summed E-state index contributed by atoms with van der Waals surface area (Å²) < 4.78 is 20.1. The number of unbranched alkanes of at least 4 members (excludes halogenated alkanes) is 9. The van der Waals surface area contributed by atoms with Gasteiger partial charge in [-0.3, -0.25) is 0 Å². The number of nitrogens with zero attached hydrogens (tertiary/aromatic N) is 2. The van der Waals surface area contributed by atoms with Crippen LogP contribution in [0.2, 0.25) is 29.6 Å². The SMILES string of the molecule is CCCCCCCCCCCCOc1c(C)c(-c2ccc(-c3cc[c]([Sn]([CH3])([CH3])[CH3])s3)s2)c2nsnc2c1-c1ccc(-c2cc[c]([Sn]([CH3])([CH3])[CH3])s2)s1. The van der Waals surface area contributed by atoms with E-state index < -0.39 is 36.8 Å². The second-order valence-electron chi connectivity index (χ2n) is 15.9. The Balaban J connectivity index is 1.30. The summed E-state index contributed by atoms with van der Waals surface area (Å²) in [5, 5.41) is 0. The number of benzene rings is 1. The number of hydrogen-bond donors (Lipinski definition) is 0. The van der Waals surface area contributed by atoms with Crippen LogP contribution in [0, 0.1) is 6.92 Å². The third-order valence-electron chi connectivity index (χ3n) is 9.53. The van der Waals surface area contributed by atoms with Gasteiger partial charge in [0.15, 0.2) is 0 Å². The zero-order valence-corrected chi connectivity index (χ0v) is 41.5. The van der Waals surface area contributed by atoms with Crippen LogP contribution in [0.25, 0.3) is 51.4 Å². The number of fused-ring (bicyclic) bond motifs is 1. The fourth-order valence-corrected chi connectivity index (χ4v) is 22.0. The van der Waals surface area contributed by atoms with E-state index in [0.29, 0.717) is 0 Å². The van der Waals surface area contributed by atoms with Crippen LogP contribution in [-0.2, 0) is 0 Å². The molecule has 0 spiro atoms. The van der Waals surface area contributed by atoms with Crippen molar-refractivity contribution >= 4 is 111 Å². The van der Waals surface area contributed by atoms with Gasteiger partial charge in [-0.1, -0.05) is 58.3 Å². The van der Waals surface area contributed by atoms with Gasteiger partial charge < -0.3 is 0 Å². The molecule has 0 fully saturated rings. The average Bonchev–Trinajstić information content (AvgIpc) is 3.92. The number of thiophene rings is 4. The van der Waals surface area contributed by atoms with Gasteiger partial charge in [0, 0.05) is 0 Å². The van der Waals surface area contributed by atoms with Crippen molar-refractivity contribution in [3.63, 3.8) is 0 Å². The first-order valence-electron chi connectivity index (χ1n) is 18.8. The molecule has 0 atom stereocenters. The molecule has 10 heteroatoms. The summed E-state index contributed by atoms with van der Waals surface area (Å²) in [6.07, 6.45) is 13.2. The third-order valence-corrected chi connectivity index (χ3v) is 33.8. The van der Waals surface area contributed by atoms with Crippen molar-refractivity contribution in [1.29, 1.82) is 0 Å². The van der Waals surface area contributed by atoms with Gasteiger partial charge in [-0.05, 0) is 0 Å². The minimum atomic E-state index is -2.13. The van der Waals surface area contributed by atoms with E-state index in [9.17, 15) is 0 Å². The molecule has 6 aromatic rings. The van der Waals surface area contributed by atoms with E-state index in [0.717, 1.165) is 35.4 Å². The van der Waals surface area contributed by atoms with Gasteiger partial charge in [0.25, 0.3) is 0 Å². The Hall–Kier alpha value is -0.763. The summed E-state index contributed by atoms with van der Waals surface area (Å²) in [6.45, 7) is 5.27. The van der Waals surface area contributed by atoms with Crippen molar-refractivity contribution in [3.05, 3.63) is 54.1 Å². The Morgan fingerprint density at radius 1 is 0.510 bits per heavy atom. The van der Waals surface area contributed by atoms with Gasteiger partial charge >= 0.3 is 280 Å². The van der Waals surface area contributed by atoms with Gasteiger partial charge in [0.2, 0.25) is 0 Å². The van der Waals surface area contributed by atoms with Crippen LogP contribution in [-0.4, -0.2) is 52.1 Å². The van der Waals surface area contributed by atoms with Crippen molar-refractivity contribution in [1.82, 2.24) is 8.75 Å². The molecule has 5 aromatic heterocycles. The van der Waals surface area contributed by atoms with Crippen molar-refractivity contribution in [3.8, 4) is 46.1 Å². The van der Waals surface area contributed by atoms with E-state index >= 15 is 0 Å². The number of rotatable bonds is 18. The molecule has 3 nitrogen and oxygen atoms in total. The third kappa shape index (κ3) is 9.73. The molecular formula is C41H54N2OS5Sn2. The van der Waals surface area contributed by atoms with Gasteiger partial charge in [0.1, 0.15) is 0 Å². The molecule has 5 heterocycles. The zero-order chi connectivity index (χ0) is 36.2. The first-order valence-corrected chi connectivity index (χ1v) is 42.8. The molecule has 0 unspecified atom stereocenters. The molecule has 0 N–H and O–H groups in total. The van der Waals surface area contributed by atoms with E-state index in [1.54, 1.807) is 5.79 Å². The molecule has 0 bridgehead atoms. The summed E-state index contributed by atoms with van der Waals surface area (Å²) >= 11 is 4.83. The molecule has 0 aliphatic heterocycles.